The van der Waals surface area contributed by atoms with Gasteiger partial charge in [-0.2, -0.15) is 18.3 Å². The smallest absolute Gasteiger partial charge is 0.435 e. The lowest BCUT2D eigenvalue weighted by Crippen LogP contribution is -2.07. The van der Waals surface area contributed by atoms with Crippen LogP contribution in [0.3, 0.4) is 0 Å². The topological polar surface area (TPSA) is 48.0 Å². The summed E-state index contributed by atoms with van der Waals surface area (Å²) in [4.78, 5) is 10.6. The lowest BCUT2D eigenvalue weighted by Gasteiger charge is -2.06. The van der Waals surface area contributed by atoms with Crippen molar-refractivity contribution in [2.45, 2.75) is 6.18 Å². The van der Waals surface area contributed by atoms with E-state index in [1.165, 1.54) is 24.3 Å². The first-order valence-corrected chi connectivity index (χ1v) is 6.36. The fraction of sp³-hybridized carbons (Fsp3) is 0.0667. The maximum atomic E-state index is 14.2. The van der Waals surface area contributed by atoms with Gasteiger partial charge >= 0.3 is 6.18 Å². The van der Waals surface area contributed by atoms with E-state index in [2.05, 4.69) is 5.10 Å². The SMILES string of the molecule is O=Cc1ccc(-c2ccc(-n3ccc(C(F)(F)F)n3)c(F)c2)o1. The van der Waals surface area contributed by atoms with Gasteiger partial charge in [-0.3, -0.25) is 4.79 Å². The Morgan fingerprint density at radius 3 is 2.48 bits per heavy atom. The highest BCUT2D eigenvalue weighted by molar-refractivity contribution is 5.73. The highest BCUT2D eigenvalue weighted by Crippen LogP contribution is 2.29. The summed E-state index contributed by atoms with van der Waals surface area (Å²) < 4.78 is 57.7. The number of hydrogen-bond acceptors (Lipinski definition) is 3. The van der Waals surface area contributed by atoms with Crippen molar-refractivity contribution in [1.29, 1.82) is 0 Å². The number of aromatic nitrogens is 2. The summed E-state index contributed by atoms with van der Waals surface area (Å²) in [5.74, 6) is -0.413. The van der Waals surface area contributed by atoms with Gasteiger partial charge < -0.3 is 4.42 Å². The molecule has 0 atom stereocenters. The predicted octanol–water partition coefficient (Wildman–Crippen LogP) is 4.10. The molecular weight excluding hydrogens is 316 g/mol. The van der Waals surface area contributed by atoms with Crippen molar-refractivity contribution < 1.29 is 26.8 Å². The van der Waals surface area contributed by atoms with Gasteiger partial charge in [0, 0.05) is 11.8 Å². The Hall–Kier alpha value is -2.90. The standard InChI is InChI=1S/C15H8F4N2O2/c16-11-7-9(13-4-2-10(8-22)23-13)1-3-12(11)21-6-5-14(20-21)15(17,18)19/h1-8H. The minimum Gasteiger partial charge on any atom is -0.453 e. The van der Waals surface area contributed by atoms with E-state index in [1.54, 1.807) is 0 Å². The predicted molar refractivity (Wildman–Crippen MR) is 71.6 cm³/mol. The summed E-state index contributed by atoms with van der Waals surface area (Å²) in [5, 5.41) is 3.31. The number of benzene rings is 1. The molecule has 0 saturated heterocycles. The molecule has 0 spiro atoms. The molecule has 0 aliphatic heterocycles. The Morgan fingerprint density at radius 2 is 1.91 bits per heavy atom. The summed E-state index contributed by atoms with van der Waals surface area (Å²) in [6.45, 7) is 0. The summed E-state index contributed by atoms with van der Waals surface area (Å²) >= 11 is 0. The molecule has 2 heterocycles. The minimum absolute atomic E-state index is 0.0892. The molecule has 0 unspecified atom stereocenters. The number of carbonyl (C=O) groups is 1. The third-order valence-corrected chi connectivity index (χ3v) is 3.10. The van der Waals surface area contributed by atoms with Gasteiger partial charge in [-0.15, -0.1) is 0 Å². The number of halogens is 4. The Labute approximate surface area is 127 Å². The van der Waals surface area contributed by atoms with Crippen molar-refractivity contribution in [3.8, 4) is 17.0 Å². The van der Waals surface area contributed by atoms with E-state index >= 15 is 0 Å². The van der Waals surface area contributed by atoms with Crippen LogP contribution in [0.15, 0.2) is 47.0 Å². The first kappa shape index (κ1) is 15.0. The van der Waals surface area contributed by atoms with Gasteiger partial charge in [0.15, 0.2) is 17.7 Å². The fourth-order valence-corrected chi connectivity index (χ4v) is 2.03. The van der Waals surface area contributed by atoms with Gasteiger partial charge in [-0.25, -0.2) is 9.07 Å². The van der Waals surface area contributed by atoms with Gasteiger partial charge in [-0.1, -0.05) is 0 Å². The molecule has 118 valence electrons. The van der Waals surface area contributed by atoms with Crippen LogP contribution in [-0.4, -0.2) is 16.1 Å². The highest BCUT2D eigenvalue weighted by Gasteiger charge is 2.33. The summed E-state index contributed by atoms with van der Waals surface area (Å²) in [7, 11) is 0. The van der Waals surface area contributed by atoms with Gasteiger partial charge in [-0.05, 0) is 36.4 Å². The Bertz CT molecular complexity index is 864. The highest BCUT2D eigenvalue weighted by atomic mass is 19.4. The van der Waals surface area contributed by atoms with Crippen LogP contribution in [0.4, 0.5) is 17.6 Å². The number of rotatable bonds is 3. The van der Waals surface area contributed by atoms with E-state index < -0.39 is 17.7 Å². The summed E-state index contributed by atoms with van der Waals surface area (Å²) in [6, 6.07) is 7.51. The molecular formula is C15H8F4N2O2. The van der Waals surface area contributed by atoms with E-state index in [4.69, 9.17) is 4.42 Å². The van der Waals surface area contributed by atoms with Gasteiger partial charge in [0.05, 0.1) is 0 Å². The molecule has 3 rings (SSSR count). The molecule has 1 aromatic carbocycles. The van der Waals surface area contributed by atoms with E-state index in [0.29, 0.717) is 11.8 Å². The molecule has 4 nitrogen and oxygen atoms in total. The number of carbonyl (C=O) groups excluding carboxylic acids is 1. The molecule has 2 aromatic heterocycles. The van der Waals surface area contributed by atoms with Gasteiger partial charge in [0.1, 0.15) is 17.3 Å². The lowest BCUT2D eigenvalue weighted by molar-refractivity contribution is -0.141. The van der Waals surface area contributed by atoms with E-state index in [0.717, 1.165) is 23.0 Å². The molecule has 0 amide bonds. The largest absolute Gasteiger partial charge is 0.453 e. The minimum atomic E-state index is -4.60. The maximum Gasteiger partial charge on any atom is 0.435 e. The zero-order valence-electron chi connectivity index (χ0n) is 11.3. The second-order valence-corrected chi connectivity index (χ2v) is 4.63. The average molecular weight is 324 g/mol. The van der Waals surface area contributed by atoms with E-state index in [-0.39, 0.29) is 17.2 Å². The van der Waals surface area contributed by atoms with Crippen LogP contribution in [-0.2, 0) is 6.18 Å². The number of hydrogen-bond donors (Lipinski definition) is 0. The third-order valence-electron chi connectivity index (χ3n) is 3.10. The normalized spacial score (nSPS) is 11.7. The second-order valence-electron chi connectivity index (χ2n) is 4.63. The number of alkyl halides is 3. The molecule has 0 N–H and O–H groups in total. The van der Waals surface area contributed by atoms with Gasteiger partial charge in [0.2, 0.25) is 0 Å². The summed E-state index contributed by atoms with van der Waals surface area (Å²) in [5.41, 5.74) is -0.892. The number of aldehydes is 1. The monoisotopic (exact) mass is 324 g/mol. The average Bonchev–Trinajstić information content (AvgIpc) is 3.16. The maximum absolute atomic E-state index is 14.2. The van der Waals surface area contributed by atoms with Crippen molar-refractivity contribution in [3.63, 3.8) is 0 Å². The lowest BCUT2D eigenvalue weighted by atomic mass is 10.1. The van der Waals surface area contributed by atoms with Crippen LogP contribution in [0.1, 0.15) is 16.2 Å². The molecule has 0 saturated carbocycles. The Kier molecular flexibility index (Phi) is 3.51. The summed E-state index contributed by atoms with van der Waals surface area (Å²) in [6.07, 6.45) is -3.06. The molecule has 0 bridgehead atoms. The fourth-order valence-electron chi connectivity index (χ4n) is 2.03. The first-order chi connectivity index (χ1) is 10.9. The van der Waals surface area contributed by atoms with Crippen LogP contribution < -0.4 is 0 Å². The Balaban J connectivity index is 1.96. The van der Waals surface area contributed by atoms with Crippen LogP contribution in [0, 0.1) is 5.82 Å². The van der Waals surface area contributed by atoms with Crippen LogP contribution in [0.2, 0.25) is 0 Å². The third kappa shape index (κ3) is 2.87. The van der Waals surface area contributed by atoms with Gasteiger partial charge in [0.25, 0.3) is 0 Å². The molecule has 3 aromatic rings. The van der Waals surface area contributed by atoms with E-state index in [9.17, 15) is 22.4 Å². The Morgan fingerprint density at radius 1 is 1.13 bits per heavy atom. The van der Waals surface area contributed by atoms with Crippen LogP contribution in [0.25, 0.3) is 17.0 Å². The van der Waals surface area contributed by atoms with Crippen molar-refractivity contribution >= 4 is 6.29 Å². The molecule has 23 heavy (non-hydrogen) atoms. The van der Waals surface area contributed by atoms with Crippen molar-refractivity contribution in [2.24, 2.45) is 0 Å². The molecule has 0 aliphatic carbocycles. The molecule has 0 radical (unpaired) electrons. The first-order valence-electron chi connectivity index (χ1n) is 6.36. The molecule has 8 heteroatoms. The van der Waals surface area contributed by atoms with Crippen molar-refractivity contribution in [2.75, 3.05) is 0 Å². The van der Waals surface area contributed by atoms with Crippen LogP contribution in [0.5, 0.6) is 0 Å². The van der Waals surface area contributed by atoms with Crippen molar-refractivity contribution in [1.82, 2.24) is 9.78 Å². The molecule has 0 aliphatic rings. The van der Waals surface area contributed by atoms with E-state index in [1.807, 2.05) is 0 Å². The number of nitrogens with zero attached hydrogens (tertiary/aromatic N) is 2. The molecule has 0 fully saturated rings. The number of furan rings is 1. The van der Waals surface area contributed by atoms with Crippen molar-refractivity contribution in [3.05, 3.63) is 59.9 Å². The quantitative estimate of drug-likeness (QED) is 0.538. The zero-order valence-corrected chi connectivity index (χ0v) is 11.3. The zero-order chi connectivity index (χ0) is 16.6. The van der Waals surface area contributed by atoms with Crippen LogP contribution >= 0.6 is 0 Å². The second kappa shape index (κ2) is 5.38.